The minimum atomic E-state index is -1.19. The van der Waals surface area contributed by atoms with Crippen molar-refractivity contribution in [1.82, 2.24) is 24.6 Å². The summed E-state index contributed by atoms with van der Waals surface area (Å²) >= 11 is 9.65. The molecule has 4 heterocycles. The van der Waals surface area contributed by atoms with E-state index in [9.17, 15) is 19.5 Å². The van der Waals surface area contributed by atoms with Gasteiger partial charge in [0.2, 0.25) is 0 Å². The molecule has 2 atom stereocenters. The topological polar surface area (TPSA) is 157 Å². The summed E-state index contributed by atoms with van der Waals surface area (Å²) in [7, 11) is 1.77. The molecule has 3 aliphatic rings. The number of hydrogen-bond donors (Lipinski definition) is 3. The van der Waals surface area contributed by atoms with Crippen molar-refractivity contribution in [2.45, 2.75) is 11.4 Å². The van der Waals surface area contributed by atoms with E-state index in [1.54, 1.807) is 21.9 Å². The van der Waals surface area contributed by atoms with Crippen molar-refractivity contribution in [3.63, 3.8) is 0 Å². The van der Waals surface area contributed by atoms with E-state index in [2.05, 4.69) is 20.7 Å². The van der Waals surface area contributed by atoms with Gasteiger partial charge in [-0.15, -0.1) is 23.1 Å². The number of thioether (sulfide) groups is 1. The number of hydrogen-bond acceptors (Lipinski definition) is 12. The van der Waals surface area contributed by atoms with Gasteiger partial charge in [-0.3, -0.25) is 19.5 Å². The zero-order valence-corrected chi connectivity index (χ0v) is 19.7. The minimum absolute atomic E-state index is 0. The zero-order valence-electron chi connectivity index (χ0n) is 16.5. The first-order valence-corrected chi connectivity index (χ1v) is 12.4. The summed E-state index contributed by atoms with van der Waals surface area (Å²) in [5, 5.41) is 23.2. The van der Waals surface area contributed by atoms with Gasteiger partial charge in [0, 0.05) is 29.5 Å². The number of aliphatic carboxylic acids is 1. The molecule has 0 aliphatic carbocycles. The molecule has 12 nitrogen and oxygen atoms in total. The van der Waals surface area contributed by atoms with Crippen LogP contribution in [0.1, 0.15) is 5.69 Å². The van der Waals surface area contributed by atoms with Gasteiger partial charge in [0.05, 0.1) is 11.3 Å². The van der Waals surface area contributed by atoms with Crippen molar-refractivity contribution in [3.05, 3.63) is 27.9 Å². The van der Waals surface area contributed by atoms with Gasteiger partial charge >= 0.3 is 35.5 Å². The second kappa shape index (κ2) is 10.8. The van der Waals surface area contributed by atoms with E-state index < -0.39 is 29.2 Å². The predicted molar refractivity (Wildman–Crippen MR) is 129 cm³/mol. The number of amides is 2. The van der Waals surface area contributed by atoms with Gasteiger partial charge in [0.1, 0.15) is 23.8 Å². The molecule has 0 saturated carbocycles. The summed E-state index contributed by atoms with van der Waals surface area (Å²) in [6, 6.07) is -0.875. The fraction of sp³-hybridized carbons (Fsp3) is 0.375. The number of nitrogens with two attached hydrogens (primary N) is 1. The Kier molecular flexibility index (Phi) is 8.58. The Labute approximate surface area is 228 Å². The number of β-lactam (4-membered cyclic amide) rings is 1. The van der Waals surface area contributed by atoms with Crippen molar-refractivity contribution in [2.75, 3.05) is 31.0 Å². The van der Waals surface area contributed by atoms with Gasteiger partial charge in [0.25, 0.3) is 11.8 Å². The Morgan fingerprint density at radius 1 is 1.45 bits per heavy atom. The maximum atomic E-state index is 12.8. The Hall–Kier alpha value is -1.49. The SMILES string of the molecule is CN1CN(SCC2=C(C(=O)O)N3C(=O)C(NC(=O)/C(=C/Cl)c4csc(N)n4)[C@H]3SC2)N=N1.[NaH]. The Balaban J connectivity index is 0.00000306. The number of fused-ring (bicyclic) bond motifs is 1. The van der Waals surface area contributed by atoms with Gasteiger partial charge in [0.15, 0.2) is 5.13 Å². The molecule has 4 N–H and O–H groups in total. The van der Waals surface area contributed by atoms with E-state index in [4.69, 9.17) is 17.3 Å². The van der Waals surface area contributed by atoms with Gasteiger partial charge in [-0.1, -0.05) is 16.8 Å². The van der Waals surface area contributed by atoms with Crippen LogP contribution >= 0.6 is 46.6 Å². The molecule has 2 amide bonds. The molecule has 1 aromatic heterocycles. The van der Waals surface area contributed by atoms with E-state index in [0.29, 0.717) is 29.4 Å². The number of carbonyl (C=O) groups excluding carboxylic acids is 2. The number of halogens is 1. The van der Waals surface area contributed by atoms with Crippen molar-refractivity contribution < 1.29 is 19.5 Å². The van der Waals surface area contributed by atoms with Crippen LogP contribution < -0.4 is 11.1 Å². The fourth-order valence-electron chi connectivity index (χ4n) is 3.21. The van der Waals surface area contributed by atoms with Crippen LogP contribution in [0.15, 0.2) is 32.6 Å². The fourth-order valence-corrected chi connectivity index (χ4v) is 6.34. The number of carboxylic acids is 1. The van der Waals surface area contributed by atoms with Crippen LogP contribution in [-0.2, 0) is 14.4 Å². The first-order valence-electron chi connectivity index (χ1n) is 9.06. The second-order valence-electron chi connectivity index (χ2n) is 6.82. The van der Waals surface area contributed by atoms with Crippen LogP contribution in [0.3, 0.4) is 0 Å². The summed E-state index contributed by atoms with van der Waals surface area (Å²) in [5.41, 5.74) is 7.60. The van der Waals surface area contributed by atoms with Crippen molar-refractivity contribution in [1.29, 1.82) is 0 Å². The van der Waals surface area contributed by atoms with Gasteiger partial charge < -0.3 is 16.2 Å². The zero-order chi connectivity index (χ0) is 23.0. The molecule has 1 unspecified atom stereocenters. The molecule has 172 valence electrons. The first-order chi connectivity index (χ1) is 15.3. The molecule has 33 heavy (non-hydrogen) atoms. The molecule has 0 aromatic carbocycles. The second-order valence-corrected chi connectivity index (χ2v) is 10.00. The number of nitrogens with one attached hydrogen (secondary N) is 1. The number of anilines is 1. The number of rotatable bonds is 7. The molecular formula is C16H18ClN8NaO4S3. The van der Waals surface area contributed by atoms with Crippen LogP contribution in [0.2, 0.25) is 0 Å². The summed E-state index contributed by atoms with van der Waals surface area (Å²) in [6.07, 6.45) is 0. The summed E-state index contributed by atoms with van der Waals surface area (Å²) < 4.78 is 1.63. The first kappa shape index (κ1) is 26.1. The number of nitrogens with zero attached hydrogens (tertiary/aromatic N) is 6. The van der Waals surface area contributed by atoms with Crippen molar-refractivity contribution >= 4 is 105 Å². The van der Waals surface area contributed by atoms with E-state index in [1.165, 1.54) is 28.6 Å². The third-order valence-corrected chi connectivity index (χ3v) is 7.89. The van der Waals surface area contributed by atoms with E-state index in [0.717, 1.165) is 16.9 Å². The molecule has 0 spiro atoms. The molecule has 0 bridgehead atoms. The van der Waals surface area contributed by atoms with Crippen LogP contribution in [0.4, 0.5) is 5.13 Å². The van der Waals surface area contributed by atoms with Crippen LogP contribution in [0.5, 0.6) is 0 Å². The van der Waals surface area contributed by atoms with Crippen molar-refractivity contribution in [3.8, 4) is 0 Å². The normalized spacial score (nSPS) is 22.2. The standard InChI is InChI=1S/C16H17ClN8O4S3.Na.H/c1-23-6-24(22-21-23)32-4-7-3-30-14-10(13(27)25(14)11(7)15(28)29)20-12(26)8(2-17)9-5-31-16(18)19-9;;/h2,5,10,14H,3-4,6H2,1H3,(H2,18,19)(H,20,26)(H,28,29);;/b8-2+;;/t10?,14-;;/m1../s1. The van der Waals surface area contributed by atoms with E-state index >= 15 is 0 Å². The molecule has 3 aliphatic heterocycles. The molecule has 1 saturated heterocycles. The predicted octanol–water partition coefficient (Wildman–Crippen LogP) is 0.530. The molecule has 4 rings (SSSR count). The molecular weight excluding hydrogens is 523 g/mol. The summed E-state index contributed by atoms with van der Waals surface area (Å²) in [5.74, 6) is -1.53. The van der Waals surface area contributed by atoms with E-state index in [1.807, 2.05) is 0 Å². The number of thiazole rings is 1. The maximum absolute atomic E-state index is 12.8. The number of aromatic nitrogens is 1. The van der Waals surface area contributed by atoms with Crippen molar-refractivity contribution in [2.24, 2.45) is 10.4 Å². The van der Waals surface area contributed by atoms with Gasteiger partial charge in [-0.25, -0.2) is 9.78 Å². The van der Waals surface area contributed by atoms with Crippen LogP contribution in [0, 0.1) is 0 Å². The Bertz CT molecular complexity index is 1070. The molecule has 1 fully saturated rings. The molecule has 0 radical (unpaired) electrons. The third kappa shape index (κ3) is 5.28. The Morgan fingerprint density at radius 2 is 2.21 bits per heavy atom. The average Bonchev–Trinajstić information content (AvgIpc) is 3.38. The number of carbonyl (C=O) groups is 3. The number of nitrogen functional groups attached to an aromatic ring is 1. The average molecular weight is 541 g/mol. The van der Waals surface area contributed by atoms with E-state index in [-0.39, 0.29) is 46.0 Å². The molecule has 1 aromatic rings. The quantitative estimate of drug-likeness (QED) is 0.193. The molecule has 17 heteroatoms. The Morgan fingerprint density at radius 3 is 2.79 bits per heavy atom. The van der Waals surface area contributed by atoms with Gasteiger partial charge in [-0.2, -0.15) is 4.41 Å². The van der Waals surface area contributed by atoms with Crippen LogP contribution in [-0.4, -0.2) is 108 Å². The van der Waals surface area contributed by atoms with Gasteiger partial charge in [-0.05, 0) is 22.7 Å². The summed E-state index contributed by atoms with van der Waals surface area (Å²) in [4.78, 5) is 42.7. The van der Waals surface area contributed by atoms with Crippen LogP contribution in [0.25, 0.3) is 5.57 Å². The monoisotopic (exact) mass is 540 g/mol. The number of carboxylic acid groups (broad SMARTS) is 1. The summed E-state index contributed by atoms with van der Waals surface area (Å²) in [6.45, 7) is 0.480. The third-order valence-electron chi connectivity index (χ3n) is 4.69.